The molecule has 10 heteroatoms. The minimum Gasteiger partial charge on any atom is -0.492 e. The van der Waals surface area contributed by atoms with Gasteiger partial charge in [0, 0.05) is 42.9 Å². The van der Waals surface area contributed by atoms with Gasteiger partial charge in [0.1, 0.15) is 5.75 Å². The quantitative estimate of drug-likeness (QED) is 0.457. The van der Waals surface area contributed by atoms with Crippen molar-refractivity contribution < 1.29 is 23.5 Å². The minimum absolute atomic E-state index is 0.0329. The Balaban J connectivity index is 1.70. The van der Waals surface area contributed by atoms with Gasteiger partial charge in [-0.2, -0.15) is 0 Å². The van der Waals surface area contributed by atoms with Crippen LogP contribution in [0, 0.1) is 5.82 Å². The molecule has 0 fully saturated rings. The Morgan fingerprint density at radius 2 is 2.03 bits per heavy atom. The number of anilines is 2. The van der Waals surface area contributed by atoms with E-state index in [1.807, 2.05) is 0 Å². The van der Waals surface area contributed by atoms with Crippen molar-refractivity contribution in [2.24, 2.45) is 0 Å². The van der Waals surface area contributed by atoms with Crippen LogP contribution in [0.2, 0.25) is 0 Å². The van der Waals surface area contributed by atoms with E-state index in [0.717, 1.165) is 0 Å². The summed E-state index contributed by atoms with van der Waals surface area (Å²) >= 11 is 0. The molecule has 0 aliphatic carbocycles. The summed E-state index contributed by atoms with van der Waals surface area (Å²) in [6.45, 7) is 1.15. The minimum atomic E-state index is -0.528. The number of H-pyrrole nitrogens is 1. The number of benzene rings is 1. The van der Waals surface area contributed by atoms with Crippen LogP contribution in [0.15, 0.2) is 36.7 Å². The standard InChI is InChI=1S/C25H26FN5O4/c1-34-24-16(26)5-4-6-17(24)30-23-20-21-14(12-29-25(20)33)11-28-19(32)7-2-3-10-35-18-13-27-9-8-15(18)22(23)31-21/h4-6,8-9,13-14,30-31H,2-3,7,10-12H2,1H3,(H,28,32)(H,29,33)/t14-/m0/s1. The van der Waals surface area contributed by atoms with Gasteiger partial charge in [0.2, 0.25) is 5.91 Å². The van der Waals surface area contributed by atoms with E-state index in [0.29, 0.717) is 78.6 Å². The second-order valence-corrected chi connectivity index (χ2v) is 8.50. The smallest absolute Gasteiger partial charge is 0.255 e. The van der Waals surface area contributed by atoms with Crippen molar-refractivity contribution in [3.05, 3.63) is 53.7 Å². The Morgan fingerprint density at radius 3 is 2.89 bits per heavy atom. The molecule has 2 amide bonds. The highest BCUT2D eigenvalue weighted by Crippen LogP contribution is 2.43. The largest absolute Gasteiger partial charge is 0.492 e. The number of amides is 2. The van der Waals surface area contributed by atoms with Gasteiger partial charge >= 0.3 is 0 Å². The molecule has 4 N–H and O–H groups in total. The maximum atomic E-state index is 14.4. The number of methoxy groups -OCH3 is 1. The summed E-state index contributed by atoms with van der Waals surface area (Å²) in [5.41, 5.74) is 3.22. The molecule has 0 saturated heterocycles. The molecule has 182 valence electrons. The highest BCUT2D eigenvalue weighted by Gasteiger charge is 2.34. The van der Waals surface area contributed by atoms with Crippen LogP contribution in [0.4, 0.5) is 15.8 Å². The summed E-state index contributed by atoms with van der Waals surface area (Å²) in [7, 11) is 1.39. The second kappa shape index (κ2) is 9.65. The number of ether oxygens (including phenoxy) is 2. The highest BCUT2D eigenvalue weighted by atomic mass is 19.1. The van der Waals surface area contributed by atoms with Crippen LogP contribution in [0.25, 0.3) is 11.3 Å². The van der Waals surface area contributed by atoms with E-state index in [1.54, 1.807) is 30.6 Å². The topological polar surface area (TPSA) is 117 Å². The van der Waals surface area contributed by atoms with E-state index >= 15 is 0 Å². The number of rotatable bonds is 3. The van der Waals surface area contributed by atoms with Crippen molar-refractivity contribution in [3.63, 3.8) is 0 Å². The zero-order valence-corrected chi connectivity index (χ0v) is 19.2. The lowest BCUT2D eigenvalue weighted by Crippen LogP contribution is -2.40. The van der Waals surface area contributed by atoms with E-state index in [-0.39, 0.29) is 23.5 Å². The number of fused-ring (bicyclic) bond motifs is 3. The first kappa shape index (κ1) is 22.7. The summed E-state index contributed by atoms with van der Waals surface area (Å²) in [6, 6.07) is 6.35. The van der Waals surface area contributed by atoms with Crippen LogP contribution >= 0.6 is 0 Å². The third-order valence-corrected chi connectivity index (χ3v) is 6.26. The second-order valence-electron chi connectivity index (χ2n) is 8.50. The molecule has 0 unspecified atom stereocenters. The van der Waals surface area contributed by atoms with Crippen LogP contribution in [0.1, 0.15) is 41.2 Å². The maximum absolute atomic E-state index is 14.4. The van der Waals surface area contributed by atoms with Crippen LogP contribution in [0.5, 0.6) is 11.5 Å². The molecule has 4 heterocycles. The van der Waals surface area contributed by atoms with Crippen LogP contribution in [-0.2, 0) is 4.79 Å². The van der Waals surface area contributed by atoms with Crippen molar-refractivity contribution in [1.29, 1.82) is 0 Å². The Labute approximate surface area is 201 Å². The van der Waals surface area contributed by atoms with E-state index in [1.165, 1.54) is 13.2 Å². The Bertz CT molecular complexity index is 1270. The summed E-state index contributed by atoms with van der Waals surface area (Å²) in [6.07, 6.45) is 5.08. The number of pyridine rings is 1. The highest BCUT2D eigenvalue weighted by molar-refractivity contribution is 6.07. The van der Waals surface area contributed by atoms with E-state index in [9.17, 15) is 14.0 Å². The first-order valence-electron chi connectivity index (χ1n) is 11.5. The molecule has 2 aliphatic rings. The third-order valence-electron chi connectivity index (χ3n) is 6.26. The Morgan fingerprint density at radius 1 is 1.17 bits per heavy atom. The number of para-hydroxylation sites is 1. The molecule has 5 rings (SSSR count). The fraction of sp³-hybridized carbons (Fsp3) is 0.320. The number of aromatic amines is 1. The van der Waals surface area contributed by atoms with E-state index in [2.05, 4.69) is 25.9 Å². The number of halogens is 1. The summed E-state index contributed by atoms with van der Waals surface area (Å²) in [4.78, 5) is 33.1. The fourth-order valence-electron chi connectivity index (χ4n) is 4.52. The van der Waals surface area contributed by atoms with E-state index < -0.39 is 5.82 Å². The predicted molar refractivity (Wildman–Crippen MR) is 128 cm³/mol. The fourth-order valence-corrected chi connectivity index (χ4v) is 4.52. The molecule has 2 aliphatic heterocycles. The number of carbonyl (C=O) groups is 2. The lowest BCUT2D eigenvalue weighted by molar-refractivity contribution is -0.121. The predicted octanol–water partition coefficient (Wildman–Crippen LogP) is 3.47. The van der Waals surface area contributed by atoms with Crippen LogP contribution in [0.3, 0.4) is 0 Å². The number of hydrogen-bond acceptors (Lipinski definition) is 6. The maximum Gasteiger partial charge on any atom is 0.255 e. The van der Waals surface area contributed by atoms with Crippen molar-refractivity contribution >= 4 is 23.2 Å². The molecule has 0 saturated carbocycles. The average Bonchev–Trinajstić information content (AvgIpc) is 3.23. The summed E-state index contributed by atoms with van der Waals surface area (Å²) in [5.74, 6) is -0.449. The lowest BCUT2D eigenvalue weighted by Gasteiger charge is -2.24. The molecule has 1 atom stereocenters. The van der Waals surface area contributed by atoms with Gasteiger partial charge in [-0.15, -0.1) is 0 Å². The molecular formula is C25H26FN5O4. The monoisotopic (exact) mass is 479 g/mol. The first-order chi connectivity index (χ1) is 17.1. The number of carbonyl (C=O) groups excluding carboxylic acids is 2. The molecule has 1 aromatic carbocycles. The van der Waals surface area contributed by atoms with Gasteiger partial charge in [0.05, 0.1) is 42.5 Å². The molecule has 0 spiro atoms. The van der Waals surface area contributed by atoms with Gasteiger partial charge in [-0.25, -0.2) is 4.39 Å². The van der Waals surface area contributed by atoms with Crippen molar-refractivity contribution in [2.45, 2.75) is 25.2 Å². The molecule has 3 aromatic rings. The summed E-state index contributed by atoms with van der Waals surface area (Å²) in [5, 5.41) is 9.12. The normalized spacial score (nSPS) is 17.8. The van der Waals surface area contributed by atoms with Gasteiger partial charge in [-0.1, -0.05) is 6.07 Å². The van der Waals surface area contributed by atoms with Gasteiger partial charge in [0.15, 0.2) is 11.6 Å². The number of hydrogen-bond donors (Lipinski definition) is 4. The molecule has 35 heavy (non-hydrogen) atoms. The number of nitrogens with zero attached hydrogens (tertiary/aromatic N) is 1. The lowest BCUT2D eigenvalue weighted by atomic mass is 9.96. The van der Waals surface area contributed by atoms with Crippen molar-refractivity contribution in [1.82, 2.24) is 20.6 Å². The van der Waals surface area contributed by atoms with Crippen molar-refractivity contribution in [2.75, 3.05) is 32.1 Å². The van der Waals surface area contributed by atoms with Gasteiger partial charge < -0.3 is 30.4 Å². The third kappa shape index (κ3) is 4.39. The Kier molecular flexibility index (Phi) is 6.26. The summed E-state index contributed by atoms with van der Waals surface area (Å²) < 4.78 is 25.7. The zero-order chi connectivity index (χ0) is 24.4. The molecule has 0 radical (unpaired) electrons. The van der Waals surface area contributed by atoms with Crippen LogP contribution in [-0.4, -0.2) is 48.6 Å². The molecular weight excluding hydrogens is 453 g/mol. The molecule has 9 nitrogen and oxygen atoms in total. The average molecular weight is 480 g/mol. The molecule has 2 aromatic heterocycles. The van der Waals surface area contributed by atoms with Crippen molar-refractivity contribution in [3.8, 4) is 22.8 Å². The van der Waals surface area contributed by atoms with Gasteiger partial charge in [0.25, 0.3) is 5.91 Å². The first-order valence-corrected chi connectivity index (χ1v) is 11.5. The SMILES string of the molecule is COc1c(F)cccc1Nc1c2[nH]c3c1C(=O)NC[C@@H]3CNC(=O)CCCCOc1cnccc1-2. The van der Waals surface area contributed by atoms with Crippen LogP contribution < -0.4 is 25.4 Å². The molecule has 2 bridgehead atoms. The van der Waals surface area contributed by atoms with E-state index in [4.69, 9.17) is 9.47 Å². The van der Waals surface area contributed by atoms with Gasteiger partial charge in [-0.05, 0) is 31.0 Å². The zero-order valence-electron chi connectivity index (χ0n) is 19.2. The number of nitrogens with one attached hydrogen (secondary N) is 4. The Hall–Kier alpha value is -4.08. The van der Waals surface area contributed by atoms with Gasteiger partial charge in [-0.3, -0.25) is 14.6 Å². The number of aromatic nitrogens is 2.